The maximum absolute atomic E-state index is 12.3. The Balaban J connectivity index is 1.46. The van der Waals surface area contributed by atoms with Crippen LogP contribution in [0.4, 0.5) is 4.79 Å². The van der Waals surface area contributed by atoms with Gasteiger partial charge in [0.2, 0.25) is 0 Å². The molecule has 0 atom stereocenters. The van der Waals surface area contributed by atoms with Gasteiger partial charge in [0.25, 0.3) is 0 Å². The molecule has 1 aliphatic rings. The van der Waals surface area contributed by atoms with Gasteiger partial charge in [0.05, 0.1) is 17.7 Å². The first-order chi connectivity index (χ1) is 17.3. The van der Waals surface area contributed by atoms with Gasteiger partial charge in [-0.25, -0.2) is 4.79 Å². The molecule has 1 aliphatic heterocycles. The molecule has 0 radical (unpaired) electrons. The number of aryl methyl sites for hydroxylation is 1. The summed E-state index contributed by atoms with van der Waals surface area (Å²) in [6.07, 6.45) is 2.99. The van der Waals surface area contributed by atoms with Crippen molar-refractivity contribution in [3.8, 4) is 11.8 Å². The molecule has 36 heavy (non-hydrogen) atoms. The second-order valence-electron chi connectivity index (χ2n) is 10.2. The molecule has 4 rings (SSSR count). The van der Waals surface area contributed by atoms with Gasteiger partial charge in [0.1, 0.15) is 29.6 Å². The van der Waals surface area contributed by atoms with Gasteiger partial charge in [-0.3, -0.25) is 0 Å². The maximum atomic E-state index is 12.3. The van der Waals surface area contributed by atoms with Gasteiger partial charge in [-0.05, 0) is 64.0 Å². The predicted octanol–water partition coefficient (Wildman–Crippen LogP) is 5.35. The van der Waals surface area contributed by atoms with E-state index in [1.807, 2.05) is 51.1 Å². The predicted molar refractivity (Wildman–Crippen MR) is 134 cm³/mol. The zero-order valence-corrected chi connectivity index (χ0v) is 21.1. The van der Waals surface area contributed by atoms with Crippen LogP contribution in [0, 0.1) is 17.2 Å². The molecule has 0 bridgehead atoms. The molecule has 0 saturated carbocycles. The van der Waals surface area contributed by atoms with Crippen molar-refractivity contribution in [1.29, 1.82) is 5.26 Å². The first kappa shape index (κ1) is 25.5. The molecule has 3 aromatic rings. The SMILES string of the molecule is CC(C)(C)OC(=O)N1CCC(CCc2noc3c(CO)cc(OCc4ccccc4)c(C#N)c23)CC1. The third kappa shape index (κ3) is 5.97. The molecule has 0 unspecified atom stereocenters. The normalized spacial score (nSPS) is 14.6. The number of fused-ring (bicyclic) bond motifs is 1. The molecule has 190 valence electrons. The van der Waals surface area contributed by atoms with Gasteiger partial charge in [0, 0.05) is 18.7 Å². The van der Waals surface area contributed by atoms with Crippen LogP contribution in [-0.2, 0) is 24.4 Å². The highest BCUT2D eigenvalue weighted by Gasteiger charge is 2.28. The van der Waals surface area contributed by atoms with Crippen LogP contribution in [0.5, 0.6) is 5.75 Å². The van der Waals surface area contributed by atoms with Crippen molar-refractivity contribution in [2.45, 2.75) is 65.3 Å². The van der Waals surface area contributed by atoms with E-state index >= 15 is 0 Å². The summed E-state index contributed by atoms with van der Waals surface area (Å²) in [5.74, 6) is 0.837. The average Bonchev–Trinajstić information content (AvgIpc) is 3.29. The number of hydrogen-bond donors (Lipinski definition) is 1. The summed E-state index contributed by atoms with van der Waals surface area (Å²) in [7, 11) is 0. The summed E-state index contributed by atoms with van der Waals surface area (Å²) in [5.41, 5.74) is 2.50. The van der Waals surface area contributed by atoms with Crippen molar-refractivity contribution in [3.05, 3.63) is 58.8 Å². The second kappa shape index (κ2) is 11.0. The Labute approximate surface area is 211 Å². The number of likely N-dealkylation sites (tertiary alicyclic amines) is 1. The van der Waals surface area contributed by atoms with Crippen molar-refractivity contribution in [3.63, 3.8) is 0 Å². The molecular formula is C28H33N3O5. The van der Waals surface area contributed by atoms with Crippen LogP contribution in [-0.4, -0.2) is 39.9 Å². The molecule has 1 N–H and O–H groups in total. The number of aromatic nitrogens is 1. The number of nitriles is 1. The Hall–Kier alpha value is -3.57. The van der Waals surface area contributed by atoms with Crippen LogP contribution in [0.1, 0.15) is 62.4 Å². The van der Waals surface area contributed by atoms with Crippen LogP contribution < -0.4 is 4.74 Å². The van der Waals surface area contributed by atoms with Gasteiger partial charge in [-0.1, -0.05) is 35.5 Å². The first-order valence-corrected chi connectivity index (χ1v) is 12.4. The number of aliphatic hydroxyl groups excluding tert-OH is 1. The van der Waals surface area contributed by atoms with E-state index in [0.717, 1.165) is 24.8 Å². The fourth-order valence-corrected chi connectivity index (χ4v) is 4.54. The molecule has 1 amide bonds. The molecule has 1 saturated heterocycles. The number of benzene rings is 2. The molecule has 0 spiro atoms. The van der Waals surface area contributed by atoms with E-state index in [1.165, 1.54) is 0 Å². The van der Waals surface area contributed by atoms with E-state index in [0.29, 0.717) is 65.6 Å². The summed E-state index contributed by atoms with van der Waals surface area (Å²) < 4.78 is 17.1. The average molecular weight is 492 g/mol. The largest absolute Gasteiger partial charge is 0.487 e. The fraction of sp³-hybridized carbons (Fsp3) is 0.464. The van der Waals surface area contributed by atoms with Gasteiger partial charge in [0.15, 0.2) is 5.58 Å². The Morgan fingerprint density at radius 3 is 2.61 bits per heavy atom. The summed E-state index contributed by atoms with van der Waals surface area (Å²) in [6, 6.07) is 13.6. The summed E-state index contributed by atoms with van der Waals surface area (Å²) in [4.78, 5) is 14.1. The van der Waals surface area contributed by atoms with E-state index in [4.69, 9.17) is 14.0 Å². The van der Waals surface area contributed by atoms with Crippen LogP contribution in [0.15, 0.2) is 40.9 Å². The smallest absolute Gasteiger partial charge is 0.410 e. The van der Waals surface area contributed by atoms with E-state index in [1.54, 1.807) is 11.0 Å². The first-order valence-electron chi connectivity index (χ1n) is 12.4. The Kier molecular flexibility index (Phi) is 7.80. The molecule has 1 fully saturated rings. The fourth-order valence-electron chi connectivity index (χ4n) is 4.54. The minimum atomic E-state index is -0.503. The molecule has 8 nitrogen and oxygen atoms in total. The molecule has 1 aromatic heterocycles. The van der Waals surface area contributed by atoms with Crippen molar-refractivity contribution in [1.82, 2.24) is 10.1 Å². The molecular weight excluding hydrogens is 458 g/mol. The van der Waals surface area contributed by atoms with Crippen molar-refractivity contribution < 1.29 is 23.9 Å². The van der Waals surface area contributed by atoms with E-state index in [-0.39, 0.29) is 12.7 Å². The zero-order chi connectivity index (χ0) is 25.7. The number of amides is 1. The maximum Gasteiger partial charge on any atom is 0.410 e. The monoisotopic (exact) mass is 491 g/mol. The number of aliphatic hydroxyl groups is 1. The molecule has 8 heteroatoms. The van der Waals surface area contributed by atoms with Gasteiger partial charge >= 0.3 is 6.09 Å². The summed E-state index contributed by atoms with van der Waals surface area (Å²) in [6.45, 7) is 7.00. The van der Waals surface area contributed by atoms with E-state index in [2.05, 4.69) is 11.2 Å². The van der Waals surface area contributed by atoms with E-state index < -0.39 is 5.60 Å². The molecule has 2 heterocycles. The lowest BCUT2D eigenvalue weighted by Gasteiger charge is -2.33. The second-order valence-corrected chi connectivity index (χ2v) is 10.2. The van der Waals surface area contributed by atoms with Crippen LogP contribution in [0.25, 0.3) is 11.0 Å². The minimum absolute atomic E-state index is 0.248. The Morgan fingerprint density at radius 2 is 1.97 bits per heavy atom. The van der Waals surface area contributed by atoms with Crippen LogP contribution in [0.2, 0.25) is 0 Å². The van der Waals surface area contributed by atoms with E-state index in [9.17, 15) is 15.2 Å². The highest BCUT2D eigenvalue weighted by Crippen LogP contribution is 2.35. The minimum Gasteiger partial charge on any atom is -0.487 e. The molecule has 0 aliphatic carbocycles. The standard InChI is InChI=1S/C28H33N3O5/c1-28(2,3)35-27(33)31-13-11-19(12-14-31)9-10-23-25-22(16-29)24(15-21(17-32)26(25)36-30-23)34-18-20-7-5-4-6-8-20/h4-8,15,19,32H,9-14,17-18H2,1-3H3. The lowest BCUT2D eigenvalue weighted by Crippen LogP contribution is -2.41. The van der Waals surface area contributed by atoms with Crippen molar-refractivity contribution >= 4 is 17.1 Å². The highest BCUT2D eigenvalue weighted by atomic mass is 16.6. The van der Waals surface area contributed by atoms with Crippen LogP contribution in [0.3, 0.4) is 0 Å². The summed E-state index contributed by atoms with van der Waals surface area (Å²) in [5, 5.41) is 24.8. The lowest BCUT2D eigenvalue weighted by molar-refractivity contribution is 0.0181. The molecule has 2 aromatic carbocycles. The third-order valence-electron chi connectivity index (χ3n) is 6.43. The Bertz CT molecular complexity index is 1230. The third-order valence-corrected chi connectivity index (χ3v) is 6.43. The van der Waals surface area contributed by atoms with Gasteiger partial charge in [-0.15, -0.1) is 0 Å². The topological polar surface area (TPSA) is 109 Å². The van der Waals surface area contributed by atoms with Crippen molar-refractivity contribution in [2.75, 3.05) is 13.1 Å². The van der Waals surface area contributed by atoms with Gasteiger partial charge < -0.3 is 24.0 Å². The quantitative estimate of drug-likeness (QED) is 0.474. The van der Waals surface area contributed by atoms with Gasteiger partial charge in [-0.2, -0.15) is 5.26 Å². The Morgan fingerprint density at radius 1 is 1.25 bits per heavy atom. The van der Waals surface area contributed by atoms with Crippen LogP contribution >= 0.6 is 0 Å². The number of hydrogen-bond acceptors (Lipinski definition) is 7. The number of rotatable bonds is 7. The number of carbonyl (C=O) groups is 1. The number of ether oxygens (including phenoxy) is 2. The number of carbonyl (C=O) groups excluding carboxylic acids is 1. The highest BCUT2D eigenvalue weighted by molar-refractivity contribution is 5.90. The lowest BCUT2D eigenvalue weighted by atomic mass is 9.90. The summed E-state index contributed by atoms with van der Waals surface area (Å²) >= 11 is 0. The number of piperidine rings is 1. The van der Waals surface area contributed by atoms with Crippen molar-refractivity contribution in [2.24, 2.45) is 5.92 Å². The number of nitrogens with zero attached hydrogens (tertiary/aromatic N) is 3. The zero-order valence-electron chi connectivity index (χ0n) is 21.1.